The van der Waals surface area contributed by atoms with E-state index < -0.39 is 50.5 Å². The predicted octanol–water partition coefficient (Wildman–Crippen LogP) is 5.44. The maximum absolute atomic E-state index is 13.2. The highest BCUT2D eigenvalue weighted by Gasteiger charge is 2.39. The normalized spacial score (nSPS) is 14.6. The largest absolute Gasteiger partial charge is 0.416 e. The van der Waals surface area contributed by atoms with E-state index >= 15 is 0 Å². The Morgan fingerprint density at radius 1 is 0.697 bits per heavy atom. The SMILES string of the molecule is N[C@@H](c1ccccc1)[C@H](NS(=O)(=O)c1cc(C(F)(F)F)cc(C(F)(F)F)c1)c1ccccc1. The summed E-state index contributed by atoms with van der Waals surface area (Å²) < 4.78 is 107. The van der Waals surface area contributed by atoms with Crippen molar-refractivity contribution in [2.24, 2.45) is 5.73 Å². The highest BCUT2D eigenvalue weighted by atomic mass is 32.2. The third-order valence-corrected chi connectivity index (χ3v) is 6.28. The second-order valence-corrected chi connectivity index (χ2v) is 8.90. The van der Waals surface area contributed by atoms with Gasteiger partial charge >= 0.3 is 12.4 Å². The van der Waals surface area contributed by atoms with Gasteiger partial charge in [0.1, 0.15) is 0 Å². The highest BCUT2D eigenvalue weighted by Crippen LogP contribution is 2.38. The average molecular weight is 488 g/mol. The molecule has 3 aromatic rings. The van der Waals surface area contributed by atoms with Gasteiger partial charge in [0.15, 0.2) is 0 Å². The molecule has 0 amide bonds. The van der Waals surface area contributed by atoms with Crippen molar-refractivity contribution < 1.29 is 34.8 Å². The van der Waals surface area contributed by atoms with Gasteiger partial charge in [-0.2, -0.15) is 26.3 Å². The molecule has 0 spiro atoms. The second kappa shape index (κ2) is 9.16. The Morgan fingerprint density at radius 3 is 1.55 bits per heavy atom. The maximum Gasteiger partial charge on any atom is 0.416 e. The standard InChI is InChI=1S/C22H18F6N2O2S/c23-21(24,25)16-11-17(22(26,27)28)13-18(12-16)33(31,32)30-20(15-9-5-2-6-10-15)19(29)14-7-3-1-4-8-14/h1-13,19-20,30H,29H2/t19-,20+/m0/s1. The van der Waals surface area contributed by atoms with E-state index in [2.05, 4.69) is 4.72 Å². The Balaban J connectivity index is 2.10. The van der Waals surface area contributed by atoms with E-state index in [-0.39, 0.29) is 18.2 Å². The van der Waals surface area contributed by atoms with Crippen LogP contribution in [0.3, 0.4) is 0 Å². The molecule has 0 saturated carbocycles. The molecule has 176 valence electrons. The Hall–Kier alpha value is -2.89. The summed E-state index contributed by atoms with van der Waals surface area (Å²) in [5.74, 6) is 0. The molecule has 3 aromatic carbocycles. The Labute approximate surface area is 186 Å². The lowest BCUT2D eigenvalue weighted by atomic mass is 9.95. The van der Waals surface area contributed by atoms with Crippen LogP contribution < -0.4 is 10.5 Å². The summed E-state index contributed by atoms with van der Waals surface area (Å²) in [6.45, 7) is 0. The van der Waals surface area contributed by atoms with E-state index in [1.807, 2.05) is 0 Å². The molecule has 3 rings (SSSR count). The topological polar surface area (TPSA) is 72.2 Å². The molecule has 4 nitrogen and oxygen atoms in total. The summed E-state index contributed by atoms with van der Waals surface area (Å²) >= 11 is 0. The highest BCUT2D eigenvalue weighted by molar-refractivity contribution is 7.89. The van der Waals surface area contributed by atoms with E-state index in [0.29, 0.717) is 11.1 Å². The number of nitrogens with two attached hydrogens (primary N) is 1. The molecule has 0 aliphatic carbocycles. The van der Waals surface area contributed by atoms with Crippen LogP contribution in [-0.4, -0.2) is 8.42 Å². The van der Waals surface area contributed by atoms with Crippen molar-refractivity contribution >= 4 is 10.0 Å². The maximum atomic E-state index is 13.2. The number of nitrogens with one attached hydrogen (secondary N) is 1. The molecule has 0 aliphatic heterocycles. The fraction of sp³-hybridized carbons (Fsp3) is 0.182. The molecule has 0 unspecified atom stereocenters. The Kier molecular flexibility index (Phi) is 6.87. The van der Waals surface area contributed by atoms with Crippen molar-refractivity contribution in [2.75, 3.05) is 0 Å². The van der Waals surface area contributed by atoms with Gasteiger partial charge in [-0.1, -0.05) is 60.7 Å². The van der Waals surface area contributed by atoms with Crippen LogP contribution in [0, 0.1) is 0 Å². The van der Waals surface area contributed by atoms with Gasteiger partial charge in [0, 0.05) is 0 Å². The summed E-state index contributed by atoms with van der Waals surface area (Å²) in [5.41, 5.74) is 3.68. The van der Waals surface area contributed by atoms with Crippen molar-refractivity contribution in [3.8, 4) is 0 Å². The first-order valence-electron chi connectivity index (χ1n) is 9.46. The Bertz CT molecular complexity index is 1160. The molecule has 0 aliphatic rings. The summed E-state index contributed by atoms with van der Waals surface area (Å²) in [6.07, 6.45) is -10.4. The third kappa shape index (κ3) is 5.92. The molecule has 0 saturated heterocycles. The molecule has 0 fully saturated rings. The number of rotatable bonds is 6. The van der Waals surface area contributed by atoms with Crippen LogP contribution in [0.25, 0.3) is 0 Å². The zero-order chi connectivity index (χ0) is 24.4. The molecule has 0 heterocycles. The molecule has 3 N–H and O–H groups in total. The molecule has 2 atom stereocenters. The zero-order valence-electron chi connectivity index (χ0n) is 16.7. The van der Waals surface area contributed by atoms with Crippen LogP contribution in [0.2, 0.25) is 0 Å². The fourth-order valence-corrected chi connectivity index (χ4v) is 4.51. The van der Waals surface area contributed by atoms with Crippen LogP contribution in [0.15, 0.2) is 83.8 Å². The molecule has 33 heavy (non-hydrogen) atoms. The lowest BCUT2D eigenvalue weighted by Crippen LogP contribution is -2.36. The number of sulfonamides is 1. The summed E-state index contributed by atoms with van der Waals surface area (Å²) in [7, 11) is -4.86. The number of benzene rings is 3. The second-order valence-electron chi connectivity index (χ2n) is 7.19. The van der Waals surface area contributed by atoms with Gasteiger partial charge < -0.3 is 5.73 Å². The van der Waals surface area contributed by atoms with Gasteiger partial charge in [-0.25, -0.2) is 13.1 Å². The zero-order valence-corrected chi connectivity index (χ0v) is 17.5. The van der Waals surface area contributed by atoms with Crippen LogP contribution in [0.5, 0.6) is 0 Å². The first kappa shape index (κ1) is 24.7. The lowest BCUT2D eigenvalue weighted by Gasteiger charge is -2.26. The summed E-state index contributed by atoms with van der Waals surface area (Å²) in [6, 6.07) is 14.2. The summed E-state index contributed by atoms with van der Waals surface area (Å²) in [4.78, 5) is -1.18. The molecule has 0 bridgehead atoms. The van der Waals surface area contributed by atoms with Gasteiger partial charge in [0.05, 0.1) is 28.1 Å². The molecule has 0 radical (unpaired) electrons. The van der Waals surface area contributed by atoms with Crippen LogP contribution in [0.4, 0.5) is 26.3 Å². The quantitative estimate of drug-likeness (QED) is 0.454. The van der Waals surface area contributed by atoms with Crippen molar-refractivity contribution in [3.05, 3.63) is 101 Å². The van der Waals surface area contributed by atoms with Crippen LogP contribution in [0.1, 0.15) is 34.3 Å². The minimum absolute atomic E-state index is 0.136. The third-order valence-electron chi connectivity index (χ3n) is 4.86. The van der Waals surface area contributed by atoms with Crippen LogP contribution >= 0.6 is 0 Å². The number of alkyl halides is 6. The Morgan fingerprint density at radius 2 is 1.12 bits per heavy atom. The van der Waals surface area contributed by atoms with Gasteiger partial charge in [-0.15, -0.1) is 0 Å². The number of hydrogen-bond donors (Lipinski definition) is 2. The van der Waals surface area contributed by atoms with E-state index in [0.717, 1.165) is 0 Å². The van der Waals surface area contributed by atoms with Gasteiger partial charge in [-0.3, -0.25) is 0 Å². The first-order chi connectivity index (χ1) is 15.3. The van der Waals surface area contributed by atoms with Crippen molar-refractivity contribution in [1.29, 1.82) is 0 Å². The molecular weight excluding hydrogens is 470 g/mol. The van der Waals surface area contributed by atoms with Crippen LogP contribution in [-0.2, 0) is 22.4 Å². The molecule has 11 heteroatoms. The fourth-order valence-electron chi connectivity index (χ4n) is 3.19. The van der Waals surface area contributed by atoms with Gasteiger partial charge in [-0.05, 0) is 29.3 Å². The minimum atomic E-state index is -5.19. The lowest BCUT2D eigenvalue weighted by molar-refractivity contribution is -0.143. The predicted molar refractivity (Wildman–Crippen MR) is 109 cm³/mol. The molecular formula is C22H18F6N2O2S. The van der Waals surface area contributed by atoms with E-state index in [4.69, 9.17) is 5.73 Å². The van der Waals surface area contributed by atoms with Crippen molar-refractivity contribution in [3.63, 3.8) is 0 Å². The first-order valence-corrected chi connectivity index (χ1v) is 10.9. The monoisotopic (exact) mass is 488 g/mol. The van der Waals surface area contributed by atoms with Crippen molar-refractivity contribution in [1.82, 2.24) is 4.72 Å². The minimum Gasteiger partial charge on any atom is -0.322 e. The van der Waals surface area contributed by atoms with E-state index in [1.54, 1.807) is 60.7 Å². The van der Waals surface area contributed by atoms with Gasteiger partial charge in [0.25, 0.3) is 0 Å². The van der Waals surface area contributed by atoms with Crippen molar-refractivity contribution in [2.45, 2.75) is 29.3 Å². The number of halogens is 6. The molecule has 0 aromatic heterocycles. The summed E-state index contributed by atoms with van der Waals surface area (Å²) in [5, 5.41) is 0. The smallest absolute Gasteiger partial charge is 0.322 e. The van der Waals surface area contributed by atoms with Gasteiger partial charge in [0.2, 0.25) is 10.0 Å². The van der Waals surface area contributed by atoms with E-state index in [9.17, 15) is 34.8 Å². The average Bonchev–Trinajstić information content (AvgIpc) is 2.77. The van der Waals surface area contributed by atoms with E-state index in [1.165, 1.54) is 0 Å². The number of hydrogen-bond acceptors (Lipinski definition) is 3.